The molecule has 0 aliphatic carbocycles. The van der Waals surface area contributed by atoms with Gasteiger partial charge in [0.1, 0.15) is 16.8 Å². The van der Waals surface area contributed by atoms with E-state index in [1.807, 2.05) is 24.3 Å². The van der Waals surface area contributed by atoms with Crippen molar-refractivity contribution < 1.29 is 4.39 Å². The molecule has 0 spiro atoms. The lowest BCUT2D eigenvalue weighted by molar-refractivity contribution is 0.608. The summed E-state index contributed by atoms with van der Waals surface area (Å²) in [5, 5.41) is 3.61. The summed E-state index contributed by atoms with van der Waals surface area (Å²) in [6.45, 7) is 4.13. The van der Waals surface area contributed by atoms with E-state index in [0.717, 1.165) is 5.56 Å². The monoisotopic (exact) mass is 264 g/mol. The van der Waals surface area contributed by atoms with Gasteiger partial charge in [-0.3, -0.25) is 0 Å². The van der Waals surface area contributed by atoms with Crippen molar-refractivity contribution in [2.24, 2.45) is 0 Å². The van der Waals surface area contributed by atoms with Gasteiger partial charge in [0.05, 0.1) is 0 Å². The van der Waals surface area contributed by atoms with Gasteiger partial charge in [0.15, 0.2) is 0 Å². The zero-order valence-electron chi connectivity index (χ0n) is 10.3. The molecule has 0 saturated heterocycles. The topological polar surface area (TPSA) is 24.9 Å². The van der Waals surface area contributed by atoms with Gasteiger partial charge in [0, 0.05) is 6.54 Å². The number of hydrogen-bond donors (Lipinski definition) is 1. The summed E-state index contributed by atoms with van der Waals surface area (Å²) in [5.41, 5.74) is 2.34. The minimum atomic E-state index is -0.139. The van der Waals surface area contributed by atoms with E-state index in [9.17, 15) is 4.39 Å². The Morgan fingerprint density at radius 1 is 1.22 bits per heavy atom. The number of aromatic nitrogens is 1. The first-order valence-electron chi connectivity index (χ1n) is 5.68. The molecule has 0 radical (unpaired) electrons. The second-order valence-corrected chi connectivity index (χ2v) is 4.63. The van der Waals surface area contributed by atoms with Crippen LogP contribution in [0.1, 0.15) is 16.7 Å². The molecular formula is C14H14ClFN2. The third-order valence-electron chi connectivity index (χ3n) is 2.68. The highest BCUT2D eigenvalue weighted by Crippen LogP contribution is 2.16. The zero-order valence-corrected chi connectivity index (χ0v) is 11.1. The van der Waals surface area contributed by atoms with E-state index in [2.05, 4.69) is 10.3 Å². The lowest BCUT2D eigenvalue weighted by Gasteiger charge is -2.09. The molecule has 2 nitrogen and oxygen atoms in total. The first kappa shape index (κ1) is 12.8. The number of benzene rings is 1. The van der Waals surface area contributed by atoms with Gasteiger partial charge < -0.3 is 5.32 Å². The molecule has 94 valence electrons. The number of halogens is 2. The summed E-state index contributed by atoms with van der Waals surface area (Å²) in [5.74, 6) is 0.571. The largest absolute Gasteiger partial charge is 0.366 e. The summed E-state index contributed by atoms with van der Waals surface area (Å²) < 4.78 is 13.5. The third kappa shape index (κ3) is 2.99. The Bertz CT molecular complexity index is 546. The number of pyridine rings is 1. The standard InChI is InChI=1S/C14H14ClFN2/c1-9-6-11(7-10(2)14(9)16)8-17-13-5-3-4-12(15)18-13/h3-7H,8H2,1-2H3,(H,17,18). The first-order chi connectivity index (χ1) is 8.56. The van der Waals surface area contributed by atoms with E-state index in [-0.39, 0.29) is 5.82 Å². The van der Waals surface area contributed by atoms with Crippen LogP contribution < -0.4 is 5.32 Å². The minimum absolute atomic E-state index is 0.139. The van der Waals surface area contributed by atoms with Crippen molar-refractivity contribution in [1.82, 2.24) is 4.98 Å². The van der Waals surface area contributed by atoms with Crippen molar-refractivity contribution in [1.29, 1.82) is 0 Å². The van der Waals surface area contributed by atoms with Crippen molar-refractivity contribution in [2.45, 2.75) is 20.4 Å². The van der Waals surface area contributed by atoms with Crippen molar-refractivity contribution >= 4 is 17.4 Å². The van der Waals surface area contributed by atoms with Gasteiger partial charge in [-0.1, -0.05) is 29.8 Å². The molecule has 2 aromatic rings. The summed E-state index contributed by atoms with van der Waals surface area (Å²) in [4.78, 5) is 4.13. The Morgan fingerprint density at radius 3 is 2.50 bits per heavy atom. The maximum atomic E-state index is 13.5. The van der Waals surface area contributed by atoms with Crippen molar-refractivity contribution in [3.05, 3.63) is 58.0 Å². The fraction of sp³-hybridized carbons (Fsp3) is 0.214. The molecule has 2 rings (SSSR count). The zero-order chi connectivity index (χ0) is 13.1. The number of rotatable bonds is 3. The molecular weight excluding hydrogens is 251 g/mol. The molecule has 1 N–H and O–H groups in total. The molecule has 0 saturated carbocycles. The van der Waals surface area contributed by atoms with Crippen LogP contribution in [0.5, 0.6) is 0 Å². The van der Waals surface area contributed by atoms with E-state index in [1.54, 1.807) is 19.9 Å². The Balaban J connectivity index is 2.11. The van der Waals surface area contributed by atoms with Crippen LogP contribution in [0.2, 0.25) is 5.15 Å². The van der Waals surface area contributed by atoms with Crippen molar-refractivity contribution in [3.8, 4) is 0 Å². The van der Waals surface area contributed by atoms with Gasteiger partial charge in [-0.25, -0.2) is 9.37 Å². The van der Waals surface area contributed by atoms with Crippen LogP contribution in [0.25, 0.3) is 0 Å². The van der Waals surface area contributed by atoms with E-state index >= 15 is 0 Å². The maximum Gasteiger partial charge on any atom is 0.131 e. The van der Waals surface area contributed by atoms with Crippen LogP contribution >= 0.6 is 11.6 Å². The molecule has 0 bridgehead atoms. The number of nitrogens with zero attached hydrogens (tertiary/aromatic N) is 1. The third-order valence-corrected chi connectivity index (χ3v) is 2.90. The predicted molar refractivity (Wildman–Crippen MR) is 72.4 cm³/mol. The highest BCUT2D eigenvalue weighted by Gasteiger charge is 2.04. The SMILES string of the molecule is Cc1cc(CNc2cccc(Cl)n2)cc(C)c1F. The summed E-state index contributed by atoms with van der Waals surface area (Å²) in [7, 11) is 0. The lowest BCUT2D eigenvalue weighted by atomic mass is 10.1. The van der Waals surface area contributed by atoms with E-state index < -0.39 is 0 Å². The second kappa shape index (κ2) is 5.36. The predicted octanol–water partition coefficient (Wildman–Crippen LogP) is 4.10. The number of hydrogen-bond acceptors (Lipinski definition) is 2. The number of aryl methyl sites for hydroxylation is 2. The van der Waals surface area contributed by atoms with Crippen LogP contribution in [0.3, 0.4) is 0 Å². The average molecular weight is 265 g/mol. The average Bonchev–Trinajstić information content (AvgIpc) is 2.33. The number of nitrogens with one attached hydrogen (secondary N) is 1. The van der Waals surface area contributed by atoms with E-state index in [0.29, 0.717) is 28.6 Å². The molecule has 0 atom stereocenters. The molecule has 1 heterocycles. The molecule has 0 fully saturated rings. The molecule has 0 unspecified atom stereocenters. The van der Waals surface area contributed by atoms with Gasteiger partial charge in [-0.15, -0.1) is 0 Å². The fourth-order valence-electron chi connectivity index (χ4n) is 1.84. The molecule has 0 aliphatic rings. The van der Waals surface area contributed by atoms with Crippen LogP contribution in [-0.2, 0) is 6.54 Å². The van der Waals surface area contributed by atoms with Gasteiger partial charge in [0.25, 0.3) is 0 Å². The Kier molecular flexibility index (Phi) is 3.82. The smallest absolute Gasteiger partial charge is 0.131 e. The van der Waals surface area contributed by atoms with Crippen LogP contribution in [0.4, 0.5) is 10.2 Å². The normalized spacial score (nSPS) is 10.4. The van der Waals surface area contributed by atoms with E-state index in [4.69, 9.17) is 11.6 Å². The second-order valence-electron chi connectivity index (χ2n) is 4.24. The van der Waals surface area contributed by atoms with Crippen molar-refractivity contribution in [3.63, 3.8) is 0 Å². The highest BCUT2D eigenvalue weighted by atomic mass is 35.5. The van der Waals surface area contributed by atoms with Crippen LogP contribution in [-0.4, -0.2) is 4.98 Å². The van der Waals surface area contributed by atoms with Gasteiger partial charge in [-0.2, -0.15) is 0 Å². The molecule has 4 heteroatoms. The summed E-state index contributed by atoms with van der Waals surface area (Å²) >= 11 is 5.80. The Morgan fingerprint density at radius 2 is 1.89 bits per heavy atom. The number of anilines is 1. The first-order valence-corrected chi connectivity index (χ1v) is 6.06. The van der Waals surface area contributed by atoms with Crippen LogP contribution in [0.15, 0.2) is 30.3 Å². The molecule has 0 amide bonds. The van der Waals surface area contributed by atoms with Crippen molar-refractivity contribution in [2.75, 3.05) is 5.32 Å². The highest BCUT2D eigenvalue weighted by molar-refractivity contribution is 6.29. The molecule has 0 aliphatic heterocycles. The van der Waals surface area contributed by atoms with E-state index in [1.165, 1.54) is 0 Å². The summed E-state index contributed by atoms with van der Waals surface area (Å²) in [6, 6.07) is 9.06. The maximum absolute atomic E-state index is 13.5. The Labute approximate surface area is 111 Å². The minimum Gasteiger partial charge on any atom is -0.366 e. The van der Waals surface area contributed by atoms with Gasteiger partial charge >= 0.3 is 0 Å². The fourth-order valence-corrected chi connectivity index (χ4v) is 2.00. The quantitative estimate of drug-likeness (QED) is 0.844. The van der Waals surface area contributed by atoms with Gasteiger partial charge in [-0.05, 0) is 42.7 Å². The lowest BCUT2D eigenvalue weighted by Crippen LogP contribution is -2.03. The molecule has 1 aromatic heterocycles. The van der Waals surface area contributed by atoms with Crippen LogP contribution in [0, 0.1) is 19.7 Å². The summed E-state index contributed by atoms with van der Waals surface area (Å²) in [6.07, 6.45) is 0. The Hall–Kier alpha value is -1.61. The molecule has 18 heavy (non-hydrogen) atoms. The molecule has 1 aromatic carbocycles. The van der Waals surface area contributed by atoms with Gasteiger partial charge in [0.2, 0.25) is 0 Å².